The number of benzene rings is 1. The number of rotatable bonds is 5. The molecule has 1 aromatic rings. The van der Waals surface area contributed by atoms with Crippen molar-refractivity contribution in [1.29, 1.82) is 0 Å². The molecule has 0 aliphatic heterocycles. The summed E-state index contributed by atoms with van der Waals surface area (Å²) in [5, 5.41) is 12.1. The maximum atomic E-state index is 12.8. The number of carboxylic acid groups (broad SMARTS) is 1. The summed E-state index contributed by atoms with van der Waals surface area (Å²) in [5.41, 5.74) is -0.450. The molecule has 3 nitrogen and oxygen atoms in total. The Morgan fingerprint density at radius 3 is 2.67 bits per heavy atom. The van der Waals surface area contributed by atoms with Crippen molar-refractivity contribution in [3.05, 3.63) is 35.4 Å². The molecule has 1 saturated carbocycles. The van der Waals surface area contributed by atoms with E-state index in [1.54, 1.807) is 6.07 Å². The van der Waals surface area contributed by atoms with Crippen molar-refractivity contribution in [2.45, 2.75) is 32.0 Å². The number of halogens is 3. The van der Waals surface area contributed by atoms with Crippen molar-refractivity contribution < 1.29 is 23.1 Å². The van der Waals surface area contributed by atoms with Crippen LogP contribution in [0.2, 0.25) is 0 Å². The van der Waals surface area contributed by atoms with Gasteiger partial charge in [-0.1, -0.05) is 24.6 Å². The average Bonchev–Trinajstić information content (AvgIpc) is 2.87. The second-order valence-electron chi connectivity index (χ2n) is 5.42. The standard InChI is InChI=1S/C15H18F3NO2/c16-15(17,18)13-7-2-1-4-11(13)9-19-8-10-5-3-6-12(10)14(20)21/h1-2,4,7,10,12,19H,3,5-6,8-9H2,(H,20,21). The SMILES string of the molecule is O=C(O)C1CCCC1CNCc1ccccc1C(F)(F)F. The minimum Gasteiger partial charge on any atom is -0.481 e. The summed E-state index contributed by atoms with van der Waals surface area (Å²) in [6, 6.07) is 5.44. The van der Waals surface area contributed by atoms with Crippen LogP contribution in [0.4, 0.5) is 13.2 Å². The Balaban J connectivity index is 1.94. The van der Waals surface area contributed by atoms with E-state index in [-0.39, 0.29) is 23.9 Å². The Labute approximate surface area is 121 Å². The minimum absolute atomic E-state index is 0.000508. The second kappa shape index (κ2) is 6.47. The highest BCUT2D eigenvalue weighted by Crippen LogP contribution is 2.33. The fourth-order valence-corrected chi connectivity index (χ4v) is 2.95. The van der Waals surface area contributed by atoms with Crippen LogP contribution in [0.3, 0.4) is 0 Å². The van der Waals surface area contributed by atoms with Gasteiger partial charge < -0.3 is 10.4 Å². The Morgan fingerprint density at radius 2 is 2.00 bits per heavy atom. The lowest BCUT2D eigenvalue weighted by atomic mass is 9.96. The lowest BCUT2D eigenvalue weighted by Crippen LogP contribution is -2.29. The summed E-state index contributed by atoms with van der Waals surface area (Å²) in [6.45, 7) is 0.529. The highest BCUT2D eigenvalue weighted by Gasteiger charge is 2.34. The van der Waals surface area contributed by atoms with Crippen molar-refractivity contribution in [2.75, 3.05) is 6.54 Å². The molecule has 2 N–H and O–H groups in total. The van der Waals surface area contributed by atoms with E-state index in [1.807, 2.05) is 0 Å². The summed E-state index contributed by atoms with van der Waals surface area (Å²) >= 11 is 0. The van der Waals surface area contributed by atoms with E-state index in [9.17, 15) is 18.0 Å². The zero-order chi connectivity index (χ0) is 15.5. The number of hydrogen-bond donors (Lipinski definition) is 2. The van der Waals surface area contributed by atoms with Crippen LogP contribution in [-0.2, 0) is 17.5 Å². The van der Waals surface area contributed by atoms with E-state index in [2.05, 4.69) is 5.32 Å². The Bertz CT molecular complexity index is 502. The van der Waals surface area contributed by atoms with Crippen LogP contribution in [0.1, 0.15) is 30.4 Å². The lowest BCUT2D eigenvalue weighted by Gasteiger charge is -2.18. The van der Waals surface area contributed by atoms with Gasteiger partial charge in [0, 0.05) is 6.54 Å². The van der Waals surface area contributed by atoms with Crippen LogP contribution in [-0.4, -0.2) is 17.6 Å². The molecule has 1 fully saturated rings. The van der Waals surface area contributed by atoms with Crippen LogP contribution in [0.5, 0.6) is 0 Å². The number of carboxylic acids is 1. The molecule has 1 aliphatic rings. The zero-order valence-electron chi connectivity index (χ0n) is 11.5. The Hall–Kier alpha value is -1.56. The number of aliphatic carboxylic acids is 1. The molecule has 0 heterocycles. The smallest absolute Gasteiger partial charge is 0.416 e. The maximum Gasteiger partial charge on any atom is 0.416 e. The van der Waals surface area contributed by atoms with Gasteiger partial charge in [-0.25, -0.2) is 0 Å². The average molecular weight is 301 g/mol. The molecule has 0 saturated heterocycles. The second-order valence-corrected chi connectivity index (χ2v) is 5.42. The summed E-state index contributed by atoms with van der Waals surface area (Å²) in [5.74, 6) is -1.19. The summed E-state index contributed by atoms with van der Waals surface area (Å²) < 4.78 is 38.5. The molecule has 2 unspecified atom stereocenters. The van der Waals surface area contributed by atoms with Crippen molar-refractivity contribution in [3.63, 3.8) is 0 Å². The molecule has 0 radical (unpaired) electrons. The molecule has 2 rings (SSSR count). The Morgan fingerprint density at radius 1 is 1.29 bits per heavy atom. The molecule has 2 atom stereocenters. The molecular weight excluding hydrogens is 283 g/mol. The highest BCUT2D eigenvalue weighted by molar-refractivity contribution is 5.70. The molecule has 0 spiro atoms. The summed E-state index contributed by atoms with van der Waals surface area (Å²) in [6.07, 6.45) is -2.04. The maximum absolute atomic E-state index is 12.8. The molecule has 1 aliphatic carbocycles. The third-order valence-corrected chi connectivity index (χ3v) is 4.02. The lowest BCUT2D eigenvalue weighted by molar-refractivity contribution is -0.142. The van der Waals surface area contributed by atoms with Gasteiger partial charge in [-0.05, 0) is 36.9 Å². The monoisotopic (exact) mass is 301 g/mol. The molecule has 116 valence electrons. The predicted molar refractivity (Wildman–Crippen MR) is 71.6 cm³/mol. The number of nitrogens with one attached hydrogen (secondary N) is 1. The first kappa shape index (κ1) is 15.8. The van der Waals surface area contributed by atoms with Crippen molar-refractivity contribution in [1.82, 2.24) is 5.32 Å². The van der Waals surface area contributed by atoms with Gasteiger partial charge in [-0.3, -0.25) is 4.79 Å². The first-order valence-electron chi connectivity index (χ1n) is 6.98. The molecular formula is C15H18F3NO2. The number of alkyl halides is 3. The van der Waals surface area contributed by atoms with Gasteiger partial charge in [0.2, 0.25) is 0 Å². The highest BCUT2D eigenvalue weighted by atomic mass is 19.4. The van der Waals surface area contributed by atoms with Crippen LogP contribution >= 0.6 is 0 Å². The van der Waals surface area contributed by atoms with Gasteiger partial charge in [0.25, 0.3) is 0 Å². The Kier molecular flexibility index (Phi) is 4.88. The summed E-state index contributed by atoms with van der Waals surface area (Å²) in [4.78, 5) is 11.1. The quantitative estimate of drug-likeness (QED) is 0.877. The molecule has 0 amide bonds. The molecule has 0 aromatic heterocycles. The van der Waals surface area contributed by atoms with E-state index < -0.39 is 17.7 Å². The van der Waals surface area contributed by atoms with Gasteiger partial charge in [-0.2, -0.15) is 13.2 Å². The molecule has 1 aromatic carbocycles. The van der Waals surface area contributed by atoms with Crippen LogP contribution in [0.25, 0.3) is 0 Å². The van der Waals surface area contributed by atoms with Gasteiger partial charge in [0.1, 0.15) is 0 Å². The normalized spacial score (nSPS) is 22.4. The third-order valence-electron chi connectivity index (χ3n) is 4.02. The van der Waals surface area contributed by atoms with Crippen molar-refractivity contribution in [3.8, 4) is 0 Å². The van der Waals surface area contributed by atoms with E-state index >= 15 is 0 Å². The fourth-order valence-electron chi connectivity index (χ4n) is 2.95. The van der Waals surface area contributed by atoms with Gasteiger partial charge in [-0.15, -0.1) is 0 Å². The topological polar surface area (TPSA) is 49.3 Å². The predicted octanol–water partition coefficient (Wildman–Crippen LogP) is 3.30. The van der Waals surface area contributed by atoms with Gasteiger partial charge >= 0.3 is 12.1 Å². The van der Waals surface area contributed by atoms with Crippen molar-refractivity contribution >= 4 is 5.97 Å². The zero-order valence-corrected chi connectivity index (χ0v) is 11.5. The first-order valence-corrected chi connectivity index (χ1v) is 6.98. The van der Waals surface area contributed by atoms with Crippen molar-refractivity contribution in [2.24, 2.45) is 11.8 Å². The van der Waals surface area contributed by atoms with Gasteiger partial charge in [0.05, 0.1) is 11.5 Å². The number of hydrogen-bond acceptors (Lipinski definition) is 2. The number of carbonyl (C=O) groups is 1. The van der Waals surface area contributed by atoms with Crippen LogP contribution in [0, 0.1) is 11.8 Å². The minimum atomic E-state index is -4.37. The molecule has 6 heteroatoms. The van der Waals surface area contributed by atoms with Gasteiger partial charge in [0.15, 0.2) is 0 Å². The molecule has 0 bridgehead atoms. The fraction of sp³-hybridized carbons (Fsp3) is 0.533. The third kappa shape index (κ3) is 3.97. The largest absolute Gasteiger partial charge is 0.481 e. The molecule has 21 heavy (non-hydrogen) atoms. The van der Waals surface area contributed by atoms with E-state index in [1.165, 1.54) is 12.1 Å². The van der Waals surface area contributed by atoms with E-state index in [4.69, 9.17) is 5.11 Å². The first-order chi connectivity index (χ1) is 9.89. The van der Waals surface area contributed by atoms with E-state index in [0.717, 1.165) is 18.9 Å². The van der Waals surface area contributed by atoms with Crippen LogP contribution in [0.15, 0.2) is 24.3 Å². The summed E-state index contributed by atoms with van der Waals surface area (Å²) in [7, 11) is 0. The van der Waals surface area contributed by atoms with E-state index in [0.29, 0.717) is 13.0 Å². The van der Waals surface area contributed by atoms with Crippen LogP contribution < -0.4 is 5.32 Å².